The lowest BCUT2D eigenvalue weighted by atomic mass is 10.2. The van der Waals surface area contributed by atoms with E-state index in [2.05, 4.69) is 36.4 Å². The van der Waals surface area contributed by atoms with Crippen molar-refractivity contribution in [2.45, 2.75) is 31.7 Å². The Bertz CT molecular complexity index is 622. The number of hydrogen-bond donors (Lipinski definition) is 1. The van der Waals surface area contributed by atoms with Crippen molar-refractivity contribution >= 4 is 39.2 Å². The van der Waals surface area contributed by atoms with E-state index in [1.54, 1.807) is 33.0 Å². The summed E-state index contributed by atoms with van der Waals surface area (Å²) in [5.41, 5.74) is 0.317. The summed E-state index contributed by atoms with van der Waals surface area (Å²) in [4.78, 5) is 15.8. The molecule has 0 aliphatic rings. The van der Waals surface area contributed by atoms with Gasteiger partial charge in [-0.25, -0.2) is 9.78 Å². The van der Waals surface area contributed by atoms with Crippen LogP contribution in [0, 0.1) is 0 Å². The normalized spacial score (nSPS) is 11.2. The number of amides is 1. The van der Waals surface area contributed by atoms with Crippen molar-refractivity contribution in [1.82, 2.24) is 15.2 Å². The molecule has 0 aromatic carbocycles. The zero-order chi connectivity index (χ0) is 15.5. The maximum atomic E-state index is 11.6. The molecule has 6 nitrogen and oxygen atoms in total. The Morgan fingerprint density at radius 2 is 2.14 bits per heavy atom. The second-order valence-corrected chi connectivity index (χ2v) is 6.82. The second kappa shape index (κ2) is 6.48. The van der Waals surface area contributed by atoms with Gasteiger partial charge in [-0.2, -0.15) is 0 Å². The number of rotatable bonds is 3. The average molecular weight is 371 g/mol. The largest absolute Gasteiger partial charge is 0.444 e. The molecule has 1 N–H and O–H groups in total. The fourth-order valence-corrected chi connectivity index (χ4v) is 2.56. The molecular weight excluding hydrogens is 356 g/mol. The molecule has 0 aliphatic heterocycles. The highest BCUT2D eigenvalue weighted by Crippen LogP contribution is 2.24. The number of alkyl halides is 1. The lowest BCUT2D eigenvalue weighted by Crippen LogP contribution is -2.27. The van der Waals surface area contributed by atoms with Crippen LogP contribution < -0.4 is 5.32 Å². The van der Waals surface area contributed by atoms with Crippen LogP contribution in [0.4, 0.5) is 10.6 Å². The zero-order valence-electron chi connectivity index (χ0n) is 11.9. The van der Waals surface area contributed by atoms with Gasteiger partial charge in [0.25, 0.3) is 0 Å². The average Bonchev–Trinajstić information content (AvgIpc) is 2.86. The lowest BCUT2D eigenvalue weighted by Gasteiger charge is -2.19. The Balaban J connectivity index is 2.03. The topological polar surface area (TPSA) is 77.0 Å². The molecule has 21 heavy (non-hydrogen) atoms. The Morgan fingerprint density at radius 1 is 1.38 bits per heavy atom. The first kappa shape index (κ1) is 15.8. The number of aromatic nitrogens is 3. The maximum Gasteiger partial charge on any atom is 0.413 e. The highest BCUT2D eigenvalue weighted by molar-refractivity contribution is 9.08. The quantitative estimate of drug-likeness (QED) is 0.830. The van der Waals surface area contributed by atoms with Gasteiger partial charge in [0.15, 0.2) is 0 Å². The first-order valence-electron chi connectivity index (χ1n) is 6.22. The van der Waals surface area contributed by atoms with E-state index >= 15 is 0 Å². The van der Waals surface area contributed by atoms with Crippen molar-refractivity contribution in [1.29, 1.82) is 0 Å². The van der Waals surface area contributed by atoms with E-state index in [1.165, 1.54) is 11.3 Å². The third-order valence-corrected chi connectivity index (χ3v) is 4.10. The van der Waals surface area contributed by atoms with Gasteiger partial charge < -0.3 is 4.74 Å². The first-order chi connectivity index (χ1) is 9.87. The summed E-state index contributed by atoms with van der Waals surface area (Å²) in [6.45, 7) is 5.42. The molecule has 8 heteroatoms. The summed E-state index contributed by atoms with van der Waals surface area (Å²) in [7, 11) is 0. The molecule has 0 bridgehead atoms. The smallest absolute Gasteiger partial charge is 0.413 e. The number of anilines is 1. The van der Waals surface area contributed by atoms with Crippen LogP contribution in [-0.4, -0.2) is 26.9 Å². The van der Waals surface area contributed by atoms with E-state index < -0.39 is 11.7 Å². The third kappa shape index (κ3) is 4.75. The standard InChI is InChI=1S/C13H15BrN4O2S/c1-13(2,3)20-12(19)16-9-5-4-8(7-15-9)11-18-17-10(6-14)21-11/h4-5,7H,6H2,1-3H3,(H,15,16,19). The van der Waals surface area contributed by atoms with E-state index in [1.807, 2.05) is 6.07 Å². The van der Waals surface area contributed by atoms with Gasteiger partial charge in [0, 0.05) is 11.8 Å². The van der Waals surface area contributed by atoms with E-state index in [4.69, 9.17) is 4.74 Å². The number of ether oxygens (including phenoxy) is 1. The van der Waals surface area contributed by atoms with Gasteiger partial charge in [-0.3, -0.25) is 5.32 Å². The lowest BCUT2D eigenvalue weighted by molar-refractivity contribution is 0.0635. The fraction of sp³-hybridized carbons (Fsp3) is 0.385. The molecule has 2 aromatic rings. The van der Waals surface area contributed by atoms with Crippen molar-refractivity contribution < 1.29 is 9.53 Å². The van der Waals surface area contributed by atoms with Crippen molar-refractivity contribution in [3.05, 3.63) is 23.3 Å². The van der Waals surface area contributed by atoms with E-state index in [0.29, 0.717) is 11.1 Å². The molecule has 1 amide bonds. The summed E-state index contributed by atoms with van der Waals surface area (Å²) in [6, 6.07) is 3.53. The summed E-state index contributed by atoms with van der Waals surface area (Å²) in [6.07, 6.45) is 1.12. The zero-order valence-corrected chi connectivity index (χ0v) is 14.3. The van der Waals surface area contributed by atoms with E-state index in [0.717, 1.165) is 15.6 Å². The highest BCUT2D eigenvalue weighted by Gasteiger charge is 2.16. The number of nitrogens with zero attached hydrogens (tertiary/aromatic N) is 3. The van der Waals surface area contributed by atoms with Crippen LogP contribution in [0.25, 0.3) is 10.6 Å². The Morgan fingerprint density at radius 3 is 2.67 bits per heavy atom. The molecule has 2 heterocycles. The summed E-state index contributed by atoms with van der Waals surface area (Å²) < 4.78 is 5.16. The summed E-state index contributed by atoms with van der Waals surface area (Å²) >= 11 is 4.83. The molecular formula is C13H15BrN4O2S. The van der Waals surface area contributed by atoms with E-state index in [-0.39, 0.29) is 0 Å². The molecule has 0 aliphatic carbocycles. The van der Waals surface area contributed by atoms with Crippen molar-refractivity contribution in [2.24, 2.45) is 0 Å². The van der Waals surface area contributed by atoms with Crippen molar-refractivity contribution in [3.8, 4) is 10.6 Å². The molecule has 0 radical (unpaired) electrons. The number of carbonyl (C=O) groups is 1. The van der Waals surface area contributed by atoms with Gasteiger partial charge in [0.1, 0.15) is 21.4 Å². The molecule has 0 atom stereocenters. The minimum atomic E-state index is -0.539. The van der Waals surface area contributed by atoms with Crippen molar-refractivity contribution in [3.63, 3.8) is 0 Å². The van der Waals surface area contributed by atoms with Crippen LogP contribution in [0.1, 0.15) is 25.8 Å². The number of pyridine rings is 1. The monoisotopic (exact) mass is 370 g/mol. The van der Waals surface area contributed by atoms with Crippen LogP contribution in [0.2, 0.25) is 0 Å². The van der Waals surface area contributed by atoms with Crippen LogP contribution in [0.5, 0.6) is 0 Å². The maximum absolute atomic E-state index is 11.6. The Labute approximate surface area is 135 Å². The first-order valence-corrected chi connectivity index (χ1v) is 8.16. The molecule has 0 fully saturated rings. The molecule has 0 saturated carbocycles. The summed E-state index contributed by atoms with van der Waals surface area (Å²) in [5.74, 6) is 0.429. The van der Waals surface area contributed by atoms with Crippen LogP contribution in [0.15, 0.2) is 18.3 Å². The minimum absolute atomic E-state index is 0.429. The van der Waals surface area contributed by atoms with Gasteiger partial charge in [-0.1, -0.05) is 27.3 Å². The number of nitrogens with one attached hydrogen (secondary N) is 1. The van der Waals surface area contributed by atoms with Gasteiger partial charge in [-0.15, -0.1) is 10.2 Å². The Hall–Kier alpha value is -1.54. The van der Waals surface area contributed by atoms with Gasteiger partial charge in [0.2, 0.25) is 0 Å². The Kier molecular flexibility index (Phi) is 4.89. The van der Waals surface area contributed by atoms with Crippen molar-refractivity contribution in [2.75, 3.05) is 5.32 Å². The van der Waals surface area contributed by atoms with Gasteiger partial charge >= 0.3 is 6.09 Å². The van der Waals surface area contributed by atoms with Crippen LogP contribution >= 0.6 is 27.3 Å². The molecule has 0 saturated heterocycles. The number of carbonyl (C=O) groups excluding carboxylic acids is 1. The molecule has 0 spiro atoms. The summed E-state index contributed by atoms with van der Waals surface area (Å²) in [5, 5.41) is 13.1. The van der Waals surface area contributed by atoms with E-state index in [9.17, 15) is 4.79 Å². The van der Waals surface area contributed by atoms with Gasteiger partial charge in [-0.05, 0) is 32.9 Å². The fourth-order valence-electron chi connectivity index (χ4n) is 1.43. The highest BCUT2D eigenvalue weighted by atomic mass is 79.9. The molecule has 2 rings (SSSR count). The number of halogens is 1. The number of hydrogen-bond acceptors (Lipinski definition) is 6. The van der Waals surface area contributed by atoms with Crippen LogP contribution in [-0.2, 0) is 10.1 Å². The molecule has 0 unspecified atom stereocenters. The predicted molar refractivity (Wildman–Crippen MR) is 85.6 cm³/mol. The second-order valence-electron chi connectivity index (χ2n) is 5.19. The predicted octanol–water partition coefficient (Wildman–Crippen LogP) is 3.84. The minimum Gasteiger partial charge on any atom is -0.444 e. The third-order valence-electron chi connectivity index (χ3n) is 2.22. The molecule has 112 valence electrons. The SMILES string of the molecule is CC(C)(C)OC(=O)Nc1ccc(-c2nnc(CBr)s2)cn1. The molecule has 2 aromatic heterocycles. The van der Waals surface area contributed by atoms with Crippen LogP contribution in [0.3, 0.4) is 0 Å². The van der Waals surface area contributed by atoms with Gasteiger partial charge in [0.05, 0.1) is 5.33 Å².